The lowest BCUT2D eigenvalue weighted by atomic mass is 9.82. The summed E-state index contributed by atoms with van der Waals surface area (Å²) in [4.78, 5) is 22.2. The van der Waals surface area contributed by atoms with E-state index in [1.807, 2.05) is 0 Å². The molecule has 0 saturated heterocycles. The zero-order valence-corrected chi connectivity index (χ0v) is 9.71. The van der Waals surface area contributed by atoms with Crippen LogP contribution in [0.3, 0.4) is 0 Å². The number of amides is 1. The van der Waals surface area contributed by atoms with E-state index in [-0.39, 0.29) is 17.7 Å². The first kappa shape index (κ1) is 12.2. The highest BCUT2D eigenvalue weighted by atomic mass is 16.1. The molecule has 0 aromatic rings. The first-order chi connectivity index (χ1) is 7.09. The third-order valence-electron chi connectivity index (χ3n) is 3.11. The van der Waals surface area contributed by atoms with E-state index in [0.717, 1.165) is 12.8 Å². The van der Waals surface area contributed by atoms with Gasteiger partial charge < -0.3 is 5.32 Å². The van der Waals surface area contributed by atoms with Crippen LogP contribution in [0.5, 0.6) is 0 Å². The first-order valence-electron chi connectivity index (χ1n) is 5.86. The molecule has 1 amide bonds. The number of rotatable bonds is 4. The molecule has 3 heteroatoms. The average Bonchev–Trinajstić information content (AvgIpc) is 2.17. The zero-order chi connectivity index (χ0) is 11.3. The van der Waals surface area contributed by atoms with Crippen molar-refractivity contribution in [2.24, 2.45) is 5.92 Å². The van der Waals surface area contributed by atoms with E-state index in [2.05, 4.69) is 5.32 Å². The lowest BCUT2D eigenvalue weighted by Crippen LogP contribution is -2.41. The van der Waals surface area contributed by atoms with E-state index >= 15 is 0 Å². The molecule has 1 fully saturated rings. The third kappa shape index (κ3) is 4.45. The van der Waals surface area contributed by atoms with Crippen LogP contribution in [0, 0.1) is 5.92 Å². The summed E-state index contributed by atoms with van der Waals surface area (Å²) in [6, 6.07) is 0.0697. The molecule has 86 valence electrons. The standard InChI is InChI=1S/C12H21NO2/c1-9(14)8-12(13-10(2)15)11-6-4-3-5-7-11/h11-12H,3-8H2,1-2H3,(H,13,15). The number of carbonyl (C=O) groups excluding carboxylic acids is 2. The Morgan fingerprint density at radius 3 is 2.27 bits per heavy atom. The summed E-state index contributed by atoms with van der Waals surface area (Å²) in [6.45, 7) is 3.12. The van der Waals surface area contributed by atoms with E-state index in [4.69, 9.17) is 0 Å². The fraction of sp³-hybridized carbons (Fsp3) is 0.833. The Labute approximate surface area is 91.6 Å². The van der Waals surface area contributed by atoms with Crippen LogP contribution in [-0.4, -0.2) is 17.7 Å². The van der Waals surface area contributed by atoms with Crippen LogP contribution in [0.2, 0.25) is 0 Å². The van der Waals surface area contributed by atoms with Gasteiger partial charge in [0.25, 0.3) is 0 Å². The van der Waals surface area contributed by atoms with E-state index < -0.39 is 0 Å². The maximum Gasteiger partial charge on any atom is 0.217 e. The van der Waals surface area contributed by atoms with Crippen LogP contribution in [0.15, 0.2) is 0 Å². The fourth-order valence-corrected chi connectivity index (χ4v) is 2.44. The van der Waals surface area contributed by atoms with Gasteiger partial charge in [0.2, 0.25) is 5.91 Å². The Bertz CT molecular complexity index is 216. The monoisotopic (exact) mass is 211 g/mol. The quantitative estimate of drug-likeness (QED) is 0.773. The molecule has 1 saturated carbocycles. The van der Waals surface area contributed by atoms with Crippen LogP contribution in [0.4, 0.5) is 0 Å². The van der Waals surface area contributed by atoms with Gasteiger partial charge in [0.05, 0.1) is 0 Å². The summed E-state index contributed by atoms with van der Waals surface area (Å²) in [6.07, 6.45) is 6.56. The van der Waals surface area contributed by atoms with Crippen LogP contribution in [-0.2, 0) is 9.59 Å². The van der Waals surface area contributed by atoms with Crippen LogP contribution < -0.4 is 5.32 Å². The lowest BCUT2D eigenvalue weighted by molar-refractivity contribution is -0.121. The van der Waals surface area contributed by atoms with E-state index in [1.54, 1.807) is 6.92 Å². The van der Waals surface area contributed by atoms with Gasteiger partial charge >= 0.3 is 0 Å². The number of hydrogen-bond donors (Lipinski definition) is 1. The number of carbonyl (C=O) groups is 2. The maximum atomic E-state index is 11.1. The maximum absolute atomic E-state index is 11.1. The van der Waals surface area contributed by atoms with Gasteiger partial charge in [-0.2, -0.15) is 0 Å². The predicted octanol–water partition coefficient (Wildman–Crippen LogP) is 2.05. The minimum atomic E-state index is -0.0215. The molecule has 15 heavy (non-hydrogen) atoms. The van der Waals surface area contributed by atoms with Crippen molar-refractivity contribution in [3.05, 3.63) is 0 Å². The summed E-state index contributed by atoms with van der Waals surface area (Å²) in [5.74, 6) is 0.651. The molecule has 3 nitrogen and oxygen atoms in total. The van der Waals surface area contributed by atoms with Gasteiger partial charge in [0, 0.05) is 19.4 Å². The average molecular weight is 211 g/mol. The molecule has 1 aliphatic carbocycles. The Hall–Kier alpha value is -0.860. The molecule has 0 radical (unpaired) electrons. The smallest absolute Gasteiger partial charge is 0.217 e. The third-order valence-corrected chi connectivity index (χ3v) is 3.11. The number of hydrogen-bond acceptors (Lipinski definition) is 2. The van der Waals surface area contributed by atoms with Gasteiger partial charge in [-0.3, -0.25) is 9.59 Å². The Balaban J connectivity index is 2.52. The van der Waals surface area contributed by atoms with E-state index in [0.29, 0.717) is 12.3 Å². The molecule has 1 unspecified atom stereocenters. The Morgan fingerprint density at radius 2 is 1.80 bits per heavy atom. The SMILES string of the molecule is CC(=O)CC(NC(C)=O)C1CCCCC1. The molecule has 0 aromatic heterocycles. The zero-order valence-electron chi connectivity index (χ0n) is 9.71. The van der Waals surface area contributed by atoms with Crippen molar-refractivity contribution >= 4 is 11.7 Å². The molecular formula is C12H21NO2. The van der Waals surface area contributed by atoms with Gasteiger partial charge in [0.1, 0.15) is 5.78 Å². The number of Topliss-reactive ketones (excluding diaryl/α,β-unsaturated/α-hetero) is 1. The molecule has 0 spiro atoms. The van der Waals surface area contributed by atoms with Gasteiger partial charge in [-0.25, -0.2) is 0 Å². The highest BCUT2D eigenvalue weighted by Crippen LogP contribution is 2.27. The van der Waals surface area contributed by atoms with Crippen molar-refractivity contribution < 1.29 is 9.59 Å². The summed E-state index contributed by atoms with van der Waals surface area (Å²) >= 11 is 0. The largest absolute Gasteiger partial charge is 0.353 e. The highest BCUT2D eigenvalue weighted by Gasteiger charge is 2.25. The van der Waals surface area contributed by atoms with Crippen LogP contribution in [0.1, 0.15) is 52.4 Å². The minimum absolute atomic E-state index is 0.0215. The van der Waals surface area contributed by atoms with Gasteiger partial charge in [-0.1, -0.05) is 19.3 Å². The predicted molar refractivity (Wildman–Crippen MR) is 59.5 cm³/mol. The molecule has 0 aromatic carbocycles. The molecule has 0 aliphatic heterocycles. The number of ketones is 1. The second kappa shape index (κ2) is 5.89. The van der Waals surface area contributed by atoms with Crippen LogP contribution >= 0.6 is 0 Å². The van der Waals surface area contributed by atoms with Crippen molar-refractivity contribution in [2.75, 3.05) is 0 Å². The molecule has 1 N–H and O–H groups in total. The lowest BCUT2D eigenvalue weighted by Gasteiger charge is -2.30. The van der Waals surface area contributed by atoms with Gasteiger partial charge in [0.15, 0.2) is 0 Å². The van der Waals surface area contributed by atoms with Crippen molar-refractivity contribution in [2.45, 2.75) is 58.4 Å². The topological polar surface area (TPSA) is 46.2 Å². The van der Waals surface area contributed by atoms with Crippen molar-refractivity contribution in [1.29, 1.82) is 0 Å². The summed E-state index contributed by atoms with van der Waals surface area (Å²) in [5, 5.41) is 2.92. The summed E-state index contributed by atoms with van der Waals surface area (Å²) < 4.78 is 0. The molecule has 1 aliphatic rings. The highest BCUT2D eigenvalue weighted by molar-refractivity contribution is 5.78. The number of nitrogens with one attached hydrogen (secondary N) is 1. The molecule has 0 bridgehead atoms. The Kier molecular flexibility index (Phi) is 4.79. The van der Waals surface area contributed by atoms with Crippen molar-refractivity contribution in [1.82, 2.24) is 5.32 Å². The van der Waals surface area contributed by atoms with Crippen LogP contribution in [0.25, 0.3) is 0 Å². The summed E-state index contributed by atoms with van der Waals surface area (Å²) in [5.41, 5.74) is 0. The fourth-order valence-electron chi connectivity index (χ4n) is 2.44. The van der Waals surface area contributed by atoms with E-state index in [9.17, 15) is 9.59 Å². The van der Waals surface area contributed by atoms with E-state index in [1.165, 1.54) is 26.2 Å². The van der Waals surface area contributed by atoms with Gasteiger partial charge in [-0.15, -0.1) is 0 Å². The Morgan fingerprint density at radius 1 is 1.20 bits per heavy atom. The first-order valence-corrected chi connectivity index (χ1v) is 5.86. The molecule has 1 rings (SSSR count). The summed E-state index contributed by atoms with van der Waals surface area (Å²) in [7, 11) is 0. The van der Waals surface area contributed by atoms with Crippen molar-refractivity contribution in [3.8, 4) is 0 Å². The second-order valence-electron chi connectivity index (χ2n) is 4.61. The van der Waals surface area contributed by atoms with Gasteiger partial charge in [-0.05, 0) is 25.7 Å². The molecule has 0 heterocycles. The normalized spacial score (nSPS) is 19.6. The minimum Gasteiger partial charge on any atom is -0.353 e. The van der Waals surface area contributed by atoms with Crippen molar-refractivity contribution in [3.63, 3.8) is 0 Å². The second-order valence-corrected chi connectivity index (χ2v) is 4.61. The molecule has 1 atom stereocenters. The molecular weight excluding hydrogens is 190 g/mol.